The molecule has 0 bridgehead atoms. The smallest absolute Gasteiger partial charge is 0.263 e. The van der Waals surface area contributed by atoms with Crippen molar-refractivity contribution in [3.8, 4) is 0 Å². The topological polar surface area (TPSA) is 59.1 Å². The zero-order valence-corrected chi connectivity index (χ0v) is 11.3. The molecule has 0 aliphatic rings. The van der Waals surface area contributed by atoms with Gasteiger partial charge in [0.2, 0.25) is 0 Å². The van der Waals surface area contributed by atoms with E-state index in [0.29, 0.717) is 0 Å². The molecule has 1 heterocycles. The van der Waals surface area contributed by atoms with Crippen LogP contribution in [0.2, 0.25) is 10.2 Å². The SMILES string of the molecule is O=S(=O)(Nc1cccc(Cl)n1)c1ccccc1Cl. The minimum Gasteiger partial charge on any atom is -0.263 e. The first-order valence-corrected chi connectivity index (χ1v) is 7.13. The summed E-state index contributed by atoms with van der Waals surface area (Å²) in [6, 6.07) is 10.8. The van der Waals surface area contributed by atoms with Gasteiger partial charge in [-0.25, -0.2) is 13.4 Å². The predicted molar refractivity (Wildman–Crippen MR) is 71.5 cm³/mol. The summed E-state index contributed by atoms with van der Waals surface area (Å²) in [7, 11) is -3.76. The third-order valence-electron chi connectivity index (χ3n) is 2.08. The maximum atomic E-state index is 12.1. The van der Waals surface area contributed by atoms with Crippen LogP contribution >= 0.6 is 23.2 Å². The number of nitrogens with one attached hydrogen (secondary N) is 1. The minimum atomic E-state index is -3.76. The van der Waals surface area contributed by atoms with Gasteiger partial charge in [0.25, 0.3) is 10.0 Å². The first-order chi connectivity index (χ1) is 8.49. The van der Waals surface area contributed by atoms with E-state index in [9.17, 15) is 8.42 Å². The number of halogens is 2. The Labute approximate surface area is 115 Å². The van der Waals surface area contributed by atoms with E-state index in [1.165, 1.54) is 18.2 Å². The Bertz CT molecular complexity index is 674. The largest absolute Gasteiger partial charge is 0.264 e. The number of nitrogens with zero attached hydrogens (tertiary/aromatic N) is 1. The lowest BCUT2D eigenvalue weighted by molar-refractivity contribution is 0.601. The van der Waals surface area contributed by atoms with Gasteiger partial charge in [-0.05, 0) is 24.3 Å². The highest BCUT2D eigenvalue weighted by Crippen LogP contribution is 2.22. The Balaban J connectivity index is 2.37. The molecular formula is C11H8Cl2N2O2S. The zero-order chi connectivity index (χ0) is 13.2. The summed E-state index contributed by atoms with van der Waals surface area (Å²) in [5.41, 5.74) is 0. The number of aromatic nitrogens is 1. The fraction of sp³-hybridized carbons (Fsp3) is 0. The van der Waals surface area contributed by atoms with Gasteiger partial charge in [0.15, 0.2) is 0 Å². The summed E-state index contributed by atoms with van der Waals surface area (Å²) >= 11 is 11.5. The van der Waals surface area contributed by atoms with Gasteiger partial charge in [-0.3, -0.25) is 4.72 Å². The summed E-state index contributed by atoms with van der Waals surface area (Å²) < 4.78 is 26.4. The van der Waals surface area contributed by atoms with Crippen molar-refractivity contribution in [2.45, 2.75) is 4.90 Å². The monoisotopic (exact) mass is 302 g/mol. The molecule has 1 aromatic carbocycles. The molecule has 0 aliphatic carbocycles. The van der Waals surface area contributed by atoms with Crippen molar-refractivity contribution in [2.75, 3.05) is 4.72 Å². The fourth-order valence-electron chi connectivity index (χ4n) is 1.32. The van der Waals surface area contributed by atoms with Gasteiger partial charge < -0.3 is 0 Å². The highest BCUT2D eigenvalue weighted by molar-refractivity contribution is 7.92. The molecule has 0 saturated carbocycles. The second-order valence-corrected chi connectivity index (χ2v) is 5.83. The van der Waals surface area contributed by atoms with E-state index in [4.69, 9.17) is 23.2 Å². The number of sulfonamides is 1. The normalized spacial score (nSPS) is 11.2. The molecule has 0 unspecified atom stereocenters. The lowest BCUT2D eigenvalue weighted by Gasteiger charge is -2.08. The van der Waals surface area contributed by atoms with E-state index in [-0.39, 0.29) is 20.9 Å². The van der Waals surface area contributed by atoms with Gasteiger partial charge in [-0.15, -0.1) is 0 Å². The molecule has 2 rings (SSSR count). The van der Waals surface area contributed by atoms with Crippen LogP contribution in [0, 0.1) is 0 Å². The molecule has 2 aromatic rings. The summed E-state index contributed by atoms with van der Waals surface area (Å²) in [5.74, 6) is 0.141. The standard InChI is InChI=1S/C11H8Cl2N2O2S/c12-8-4-1-2-5-9(8)18(16,17)15-11-7-3-6-10(13)14-11/h1-7H,(H,14,15). The number of rotatable bonds is 3. The van der Waals surface area contributed by atoms with E-state index in [1.807, 2.05) is 0 Å². The number of hydrogen-bond donors (Lipinski definition) is 1. The van der Waals surface area contributed by atoms with Gasteiger partial charge in [-0.1, -0.05) is 41.4 Å². The second kappa shape index (κ2) is 5.14. The van der Waals surface area contributed by atoms with Crippen LogP contribution in [0.4, 0.5) is 5.82 Å². The zero-order valence-electron chi connectivity index (χ0n) is 8.97. The molecule has 0 atom stereocenters. The molecule has 0 fully saturated rings. The quantitative estimate of drug-likeness (QED) is 0.886. The first-order valence-electron chi connectivity index (χ1n) is 4.89. The Hall–Kier alpha value is -1.30. The molecule has 1 aromatic heterocycles. The van der Waals surface area contributed by atoms with E-state index >= 15 is 0 Å². The molecule has 0 radical (unpaired) electrons. The predicted octanol–water partition coefficient (Wildman–Crippen LogP) is 3.19. The molecule has 94 valence electrons. The highest BCUT2D eigenvalue weighted by atomic mass is 35.5. The number of pyridine rings is 1. The molecule has 0 spiro atoms. The maximum absolute atomic E-state index is 12.1. The van der Waals surface area contributed by atoms with Crippen LogP contribution in [-0.4, -0.2) is 13.4 Å². The van der Waals surface area contributed by atoms with Crippen LogP contribution in [-0.2, 0) is 10.0 Å². The lowest BCUT2D eigenvalue weighted by atomic mass is 10.4. The molecular weight excluding hydrogens is 295 g/mol. The summed E-state index contributed by atoms with van der Waals surface area (Å²) in [4.78, 5) is 3.84. The van der Waals surface area contributed by atoms with Crippen molar-refractivity contribution < 1.29 is 8.42 Å². The molecule has 0 aliphatic heterocycles. The van der Waals surface area contributed by atoms with E-state index in [0.717, 1.165) is 0 Å². The Morgan fingerprint density at radius 3 is 2.39 bits per heavy atom. The first kappa shape index (κ1) is 13.1. The number of anilines is 1. The Morgan fingerprint density at radius 2 is 1.72 bits per heavy atom. The average molecular weight is 303 g/mol. The molecule has 4 nitrogen and oxygen atoms in total. The van der Waals surface area contributed by atoms with Gasteiger partial charge in [0, 0.05) is 0 Å². The number of benzene rings is 1. The summed E-state index contributed by atoms with van der Waals surface area (Å²) in [6.07, 6.45) is 0. The molecule has 7 heteroatoms. The molecule has 0 saturated heterocycles. The van der Waals surface area contributed by atoms with Gasteiger partial charge >= 0.3 is 0 Å². The van der Waals surface area contributed by atoms with Crippen LogP contribution in [0.3, 0.4) is 0 Å². The molecule has 0 amide bonds. The lowest BCUT2D eigenvalue weighted by Crippen LogP contribution is -2.14. The van der Waals surface area contributed by atoms with E-state index < -0.39 is 10.0 Å². The second-order valence-electron chi connectivity index (χ2n) is 3.38. The Morgan fingerprint density at radius 1 is 1.00 bits per heavy atom. The van der Waals surface area contributed by atoms with E-state index in [1.54, 1.807) is 24.3 Å². The van der Waals surface area contributed by atoms with Crippen molar-refractivity contribution in [1.29, 1.82) is 0 Å². The summed E-state index contributed by atoms with van der Waals surface area (Å²) in [6.45, 7) is 0. The third kappa shape index (κ3) is 2.93. The third-order valence-corrected chi connectivity index (χ3v) is 4.15. The van der Waals surface area contributed by atoms with Crippen LogP contribution in [0.1, 0.15) is 0 Å². The van der Waals surface area contributed by atoms with Crippen LogP contribution in [0.15, 0.2) is 47.4 Å². The van der Waals surface area contributed by atoms with Crippen molar-refractivity contribution in [2.24, 2.45) is 0 Å². The van der Waals surface area contributed by atoms with Crippen molar-refractivity contribution in [3.63, 3.8) is 0 Å². The molecule has 1 N–H and O–H groups in total. The Kier molecular flexibility index (Phi) is 3.75. The summed E-state index contributed by atoms with van der Waals surface area (Å²) in [5, 5.41) is 0.349. The molecule has 18 heavy (non-hydrogen) atoms. The average Bonchev–Trinajstić information content (AvgIpc) is 2.28. The van der Waals surface area contributed by atoms with Gasteiger partial charge in [0.05, 0.1) is 5.02 Å². The van der Waals surface area contributed by atoms with Crippen molar-refractivity contribution in [1.82, 2.24) is 4.98 Å². The van der Waals surface area contributed by atoms with Crippen LogP contribution in [0.25, 0.3) is 0 Å². The minimum absolute atomic E-state index is 0.00607. The number of hydrogen-bond acceptors (Lipinski definition) is 3. The van der Waals surface area contributed by atoms with Crippen molar-refractivity contribution in [3.05, 3.63) is 52.6 Å². The fourth-order valence-corrected chi connectivity index (χ4v) is 3.01. The van der Waals surface area contributed by atoms with Gasteiger partial charge in [0.1, 0.15) is 15.9 Å². The van der Waals surface area contributed by atoms with E-state index in [2.05, 4.69) is 9.71 Å². The van der Waals surface area contributed by atoms with Crippen LogP contribution < -0.4 is 4.72 Å². The van der Waals surface area contributed by atoms with Crippen LogP contribution in [0.5, 0.6) is 0 Å². The maximum Gasteiger partial charge on any atom is 0.264 e. The van der Waals surface area contributed by atoms with Gasteiger partial charge in [-0.2, -0.15) is 0 Å². The van der Waals surface area contributed by atoms with Crippen molar-refractivity contribution >= 4 is 39.0 Å². The highest BCUT2D eigenvalue weighted by Gasteiger charge is 2.17.